The number of imidazole rings is 1. The lowest BCUT2D eigenvalue weighted by Crippen LogP contribution is -2.12. The van der Waals surface area contributed by atoms with Crippen molar-refractivity contribution in [2.24, 2.45) is 0 Å². The quantitative estimate of drug-likeness (QED) is 0.543. The molecule has 0 saturated carbocycles. The predicted molar refractivity (Wildman–Crippen MR) is 113 cm³/mol. The molecule has 0 fully saturated rings. The maximum Gasteiger partial charge on any atom is 0.255 e. The fourth-order valence-electron chi connectivity index (χ4n) is 3.32. The minimum Gasteiger partial charge on any atom is -0.497 e. The van der Waals surface area contributed by atoms with E-state index in [4.69, 9.17) is 9.47 Å². The number of fused-ring (bicyclic) bond motifs is 1. The number of aryl methyl sites for hydroxylation is 1. The second kappa shape index (κ2) is 7.67. The smallest absolute Gasteiger partial charge is 0.255 e. The van der Waals surface area contributed by atoms with E-state index in [1.807, 2.05) is 55.5 Å². The van der Waals surface area contributed by atoms with Gasteiger partial charge in [-0.1, -0.05) is 18.2 Å². The number of aromatic nitrogens is 2. The average Bonchev–Trinajstić information content (AvgIpc) is 3.08. The molecule has 4 rings (SSSR count). The molecule has 0 radical (unpaired) electrons. The van der Waals surface area contributed by atoms with Crippen LogP contribution in [0.25, 0.3) is 16.7 Å². The van der Waals surface area contributed by atoms with Crippen molar-refractivity contribution in [3.8, 4) is 17.2 Å². The molecular formula is C23H21N3O3. The number of amides is 1. The lowest BCUT2D eigenvalue weighted by molar-refractivity contribution is 0.102. The van der Waals surface area contributed by atoms with Gasteiger partial charge in [-0.05, 0) is 49.4 Å². The molecule has 0 atom stereocenters. The molecule has 4 aromatic rings. The first kappa shape index (κ1) is 18.6. The van der Waals surface area contributed by atoms with Crippen molar-refractivity contribution >= 4 is 22.6 Å². The Morgan fingerprint density at radius 1 is 0.931 bits per heavy atom. The highest BCUT2D eigenvalue weighted by molar-refractivity contribution is 6.05. The first-order valence-corrected chi connectivity index (χ1v) is 9.18. The highest BCUT2D eigenvalue weighted by atomic mass is 16.5. The molecule has 0 unspecified atom stereocenters. The van der Waals surface area contributed by atoms with Gasteiger partial charge >= 0.3 is 0 Å². The Hall–Kier alpha value is -3.80. The van der Waals surface area contributed by atoms with Crippen LogP contribution >= 0.6 is 0 Å². The van der Waals surface area contributed by atoms with Crippen LogP contribution in [0, 0.1) is 6.92 Å². The molecule has 146 valence electrons. The van der Waals surface area contributed by atoms with Gasteiger partial charge in [0.2, 0.25) is 0 Å². The molecule has 6 heteroatoms. The van der Waals surface area contributed by atoms with Crippen molar-refractivity contribution in [2.75, 3.05) is 19.5 Å². The maximum atomic E-state index is 12.7. The van der Waals surface area contributed by atoms with E-state index >= 15 is 0 Å². The number of hydrogen-bond donors (Lipinski definition) is 1. The van der Waals surface area contributed by atoms with Gasteiger partial charge in [0.1, 0.15) is 17.3 Å². The molecule has 3 aromatic carbocycles. The zero-order valence-electron chi connectivity index (χ0n) is 16.5. The zero-order valence-corrected chi connectivity index (χ0v) is 16.5. The van der Waals surface area contributed by atoms with Crippen LogP contribution in [0.3, 0.4) is 0 Å². The van der Waals surface area contributed by atoms with Crippen LogP contribution in [0.4, 0.5) is 5.69 Å². The Morgan fingerprint density at radius 2 is 1.62 bits per heavy atom. The van der Waals surface area contributed by atoms with E-state index in [0.29, 0.717) is 22.7 Å². The minimum atomic E-state index is -0.249. The Labute approximate surface area is 168 Å². The number of carbonyl (C=O) groups is 1. The summed E-state index contributed by atoms with van der Waals surface area (Å²) in [5.41, 5.74) is 3.96. The van der Waals surface area contributed by atoms with Gasteiger partial charge < -0.3 is 14.8 Å². The standard InChI is InChI=1S/C23H21N3O3/c1-15-24-21-13-17(9-10-22(21)26(15)18-7-5-4-6-8-18)25-23(27)16-11-19(28-2)14-20(12-16)29-3/h4-14H,1-3H3,(H,25,27). The van der Waals surface area contributed by atoms with Gasteiger partial charge in [0.25, 0.3) is 5.91 Å². The Kier molecular flexibility index (Phi) is 4.91. The van der Waals surface area contributed by atoms with Gasteiger partial charge in [-0.3, -0.25) is 9.36 Å². The van der Waals surface area contributed by atoms with Gasteiger partial charge in [-0.25, -0.2) is 4.98 Å². The molecule has 0 aliphatic carbocycles. The van der Waals surface area contributed by atoms with E-state index in [-0.39, 0.29) is 5.91 Å². The molecule has 6 nitrogen and oxygen atoms in total. The lowest BCUT2D eigenvalue weighted by Gasteiger charge is -2.10. The average molecular weight is 387 g/mol. The maximum absolute atomic E-state index is 12.7. The van der Waals surface area contributed by atoms with Crippen molar-refractivity contribution in [2.45, 2.75) is 6.92 Å². The van der Waals surface area contributed by atoms with E-state index in [1.165, 1.54) is 0 Å². The molecule has 1 heterocycles. The summed E-state index contributed by atoms with van der Waals surface area (Å²) in [4.78, 5) is 17.4. The van der Waals surface area contributed by atoms with Crippen LogP contribution in [0.5, 0.6) is 11.5 Å². The van der Waals surface area contributed by atoms with E-state index in [1.54, 1.807) is 32.4 Å². The Morgan fingerprint density at radius 3 is 2.28 bits per heavy atom. The third-order valence-electron chi connectivity index (χ3n) is 4.71. The number of para-hydroxylation sites is 1. The first-order valence-electron chi connectivity index (χ1n) is 9.18. The van der Waals surface area contributed by atoms with Crippen molar-refractivity contribution in [3.63, 3.8) is 0 Å². The summed E-state index contributed by atoms with van der Waals surface area (Å²) in [6, 6.07) is 20.8. The highest BCUT2D eigenvalue weighted by Crippen LogP contribution is 2.26. The highest BCUT2D eigenvalue weighted by Gasteiger charge is 2.13. The van der Waals surface area contributed by atoms with E-state index in [2.05, 4.69) is 14.9 Å². The molecule has 29 heavy (non-hydrogen) atoms. The summed E-state index contributed by atoms with van der Waals surface area (Å²) in [6.45, 7) is 1.97. The first-order chi connectivity index (χ1) is 14.1. The molecule has 0 spiro atoms. The van der Waals surface area contributed by atoms with Crippen LogP contribution < -0.4 is 14.8 Å². The normalized spacial score (nSPS) is 10.7. The molecule has 1 aromatic heterocycles. The minimum absolute atomic E-state index is 0.249. The van der Waals surface area contributed by atoms with Crippen LogP contribution in [-0.2, 0) is 0 Å². The number of ether oxygens (including phenoxy) is 2. The fourth-order valence-corrected chi connectivity index (χ4v) is 3.32. The van der Waals surface area contributed by atoms with E-state index in [0.717, 1.165) is 22.5 Å². The van der Waals surface area contributed by atoms with Gasteiger partial charge in [-0.15, -0.1) is 0 Å². The molecule has 0 aliphatic rings. The number of hydrogen-bond acceptors (Lipinski definition) is 4. The number of anilines is 1. The van der Waals surface area contributed by atoms with Gasteiger partial charge in [0.15, 0.2) is 0 Å². The fraction of sp³-hybridized carbons (Fsp3) is 0.130. The monoisotopic (exact) mass is 387 g/mol. The van der Waals surface area contributed by atoms with Crippen molar-refractivity contribution in [1.82, 2.24) is 9.55 Å². The number of rotatable bonds is 5. The van der Waals surface area contributed by atoms with Crippen LogP contribution in [0.1, 0.15) is 16.2 Å². The molecular weight excluding hydrogens is 366 g/mol. The summed E-state index contributed by atoms with van der Waals surface area (Å²) >= 11 is 0. The van der Waals surface area contributed by atoms with Gasteiger partial charge in [0.05, 0.1) is 25.3 Å². The topological polar surface area (TPSA) is 65.4 Å². The van der Waals surface area contributed by atoms with Crippen LogP contribution in [0.15, 0.2) is 66.7 Å². The second-order valence-corrected chi connectivity index (χ2v) is 6.59. The SMILES string of the molecule is COc1cc(OC)cc(C(=O)Nc2ccc3c(c2)nc(C)n3-c2ccccc2)c1. The number of methoxy groups -OCH3 is 2. The molecule has 0 bridgehead atoms. The van der Waals surface area contributed by atoms with E-state index in [9.17, 15) is 4.79 Å². The number of nitrogens with one attached hydrogen (secondary N) is 1. The number of carbonyl (C=O) groups excluding carboxylic acids is 1. The van der Waals surface area contributed by atoms with E-state index < -0.39 is 0 Å². The van der Waals surface area contributed by atoms with Crippen molar-refractivity contribution in [1.29, 1.82) is 0 Å². The lowest BCUT2D eigenvalue weighted by atomic mass is 10.1. The summed E-state index contributed by atoms with van der Waals surface area (Å²) in [5, 5.41) is 2.92. The third kappa shape index (κ3) is 3.65. The third-order valence-corrected chi connectivity index (χ3v) is 4.71. The van der Waals surface area contributed by atoms with Gasteiger partial charge in [-0.2, -0.15) is 0 Å². The molecule has 1 amide bonds. The predicted octanol–water partition coefficient (Wildman–Crippen LogP) is 4.60. The number of benzene rings is 3. The van der Waals surface area contributed by atoms with Crippen LogP contribution in [-0.4, -0.2) is 29.7 Å². The summed E-state index contributed by atoms with van der Waals surface area (Å²) in [5.74, 6) is 1.75. The molecule has 0 saturated heterocycles. The largest absolute Gasteiger partial charge is 0.497 e. The van der Waals surface area contributed by atoms with Gasteiger partial charge in [0, 0.05) is 23.0 Å². The Balaban J connectivity index is 1.65. The summed E-state index contributed by atoms with van der Waals surface area (Å²) in [7, 11) is 3.10. The number of nitrogens with zero attached hydrogens (tertiary/aromatic N) is 2. The van der Waals surface area contributed by atoms with Crippen molar-refractivity contribution < 1.29 is 14.3 Å². The molecule has 1 N–H and O–H groups in total. The van der Waals surface area contributed by atoms with Crippen LogP contribution in [0.2, 0.25) is 0 Å². The Bertz CT molecular complexity index is 1160. The van der Waals surface area contributed by atoms with Crippen molar-refractivity contribution in [3.05, 3.63) is 78.1 Å². The summed E-state index contributed by atoms with van der Waals surface area (Å²) < 4.78 is 12.6. The summed E-state index contributed by atoms with van der Waals surface area (Å²) in [6.07, 6.45) is 0. The zero-order chi connectivity index (χ0) is 20.4. The molecule has 0 aliphatic heterocycles. The second-order valence-electron chi connectivity index (χ2n) is 6.59.